The number of anilines is 1. The molecule has 9 heteroatoms. The molecule has 0 spiro atoms. The van der Waals surface area contributed by atoms with Gasteiger partial charge in [0.2, 0.25) is 5.91 Å². The van der Waals surface area contributed by atoms with E-state index in [1.54, 1.807) is 12.1 Å². The smallest absolute Gasteiger partial charge is 0.339 e. The number of amides is 1. The third-order valence-electron chi connectivity index (χ3n) is 2.50. The number of hydrogen-bond donors (Lipinski definition) is 2. The number of benzene rings is 1. The van der Waals surface area contributed by atoms with Gasteiger partial charge < -0.3 is 10.1 Å². The van der Waals surface area contributed by atoms with Crippen LogP contribution in [0.1, 0.15) is 10.4 Å². The van der Waals surface area contributed by atoms with E-state index in [1.165, 1.54) is 33.3 Å². The van der Waals surface area contributed by atoms with Crippen LogP contribution in [0.5, 0.6) is 0 Å². The average Bonchev–Trinajstić information content (AvgIpc) is 2.45. The van der Waals surface area contributed by atoms with Crippen molar-refractivity contribution in [1.82, 2.24) is 9.03 Å². The van der Waals surface area contributed by atoms with Gasteiger partial charge in [-0.15, -0.1) is 0 Å². The standard InChI is InChI=1S/C12H17N3O5S/c1-15(2)21(18,19)13-8-11(16)14-10-7-5-4-6-9(10)12(17)20-3/h4-7,13H,8H2,1-3H3,(H,14,16). The van der Waals surface area contributed by atoms with Crippen LogP contribution in [-0.4, -0.2) is 52.3 Å². The molecule has 21 heavy (non-hydrogen) atoms. The van der Waals surface area contributed by atoms with Crippen molar-refractivity contribution < 1.29 is 22.7 Å². The Labute approximate surface area is 123 Å². The Morgan fingerprint density at radius 2 is 1.86 bits per heavy atom. The lowest BCUT2D eigenvalue weighted by Gasteiger charge is -2.13. The third-order valence-corrected chi connectivity index (χ3v) is 3.97. The van der Waals surface area contributed by atoms with Gasteiger partial charge in [-0.05, 0) is 12.1 Å². The first kappa shape index (κ1) is 17.1. The number of carbonyl (C=O) groups excluding carboxylic acids is 2. The summed E-state index contributed by atoms with van der Waals surface area (Å²) in [7, 11) is 0.223. The van der Waals surface area contributed by atoms with Gasteiger partial charge in [-0.3, -0.25) is 4.79 Å². The van der Waals surface area contributed by atoms with E-state index in [-0.39, 0.29) is 11.3 Å². The lowest BCUT2D eigenvalue weighted by atomic mass is 10.2. The second kappa shape index (κ2) is 7.16. The molecule has 0 aromatic heterocycles. The Morgan fingerprint density at radius 1 is 1.24 bits per heavy atom. The molecule has 8 nitrogen and oxygen atoms in total. The zero-order valence-corrected chi connectivity index (χ0v) is 12.7. The minimum atomic E-state index is -3.69. The molecule has 1 amide bonds. The monoisotopic (exact) mass is 315 g/mol. The van der Waals surface area contributed by atoms with Gasteiger partial charge in [0.05, 0.1) is 24.9 Å². The Balaban J connectivity index is 2.75. The summed E-state index contributed by atoms with van der Waals surface area (Å²) in [4.78, 5) is 23.3. The molecule has 0 atom stereocenters. The van der Waals surface area contributed by atoms with Crippen LogP contribution in [0.4, 0.5) is 5.69 Å². The molecule has 116 valence electrons. The molecule has 1 aromatic rings. The molecule has 1 aromatic carbocycles. The zero-order valence-electron chi connectivity index (χ0n) is 11.9. The highest BCUT2D eigenvalue weighted by molar-refractivity contribution is 7.87. The van der Waals surface area contributed by atoms with E-state index in [2.05, 4.69) is 14.8 Å². The van der Waals surface area contributed by atoms with Crippen molar-refractivity contribution in [3.8, 4) is 0 Å². The minimum absolute atomic E-state index is 0.184. The number of nitrogens with one attached hydrogen (secondary N) is 2. The van der Waals surface area contributed by atoms with Crippen molar-refractivity contribution in [2.45, 2.75) is 0 Å². The fourth-order valence-electron chi connectivity index (χ4n) is 1.36. The van der Waals surface area contributed by atoms with Crippen LogP contribution >= 0.6 is 0 Å². The maximum Gasteiger partial charge on any atom is 0.339 e. The average molecular weight is 315 g/mol. The fraction of sp³-hybridized carbons (Fsp3) is 0.333. The summed E-state index contributed by atoms with van der Waals surface area (Å²) in [5, 5.41) is 2.45. The van der Waals surface area contributed by atoms with Crippen LogP contribution in [0.3, 0.4) is 0 Å². The largest absolute Gasteiger partial charge is 0.465 e. The summed E-state index contributed by atoms with van der Waals surface area (Å²) < 4.78 is 30.6. The first-order valence-corrected chi connectivity index (χ1v) is 7.36. The van der Waals surface area contributed by atoms with Crippen molar-refractivity contribution in [1.29, 1.82) is 0 Å². The molecule has 0 saturated heterocycles. The van der Waals surface area contributed by atoms with E-state index in [1.807, 2.05) is 0 Å². The lowest BCUT2D eigenvalue weighted by molar-refractivity contribution is -0.115. The van der Waals surface area contributed by atoms with E-state index in [0.29, 0.717) is 0 Å². The second-order valence-corrected chi connectivity index (χ2v) is 6.16. The van der Waals surface area contributed by atoms with E-state index in [0.717, 1.165) is 4.31 Å². The topological polar surface area (TPSA) is 105 Å². The molecule has 0 radical (unpaired) electrons. The van der Waals surface area contributed by atoms with Gasteiger partial charge in [0.15, 0.2) is 0 Å². The van der Waals surface area contributed by atoms with E-state index in [4.69, 9.17) is 0 Å². The molecule has 0 aliphatic rings. The first-order valence-electron chi connectivity index (χ1n) is 5.92. The molecule has 0 unspecified atom stereocenters. The van der Waals surface area contributed by atoms with Crippen LogP contribution in [0.15, 0.2) is 24.3 Å². The number of ether oxygens (including phenoxy) is 1. The normalized spacial score (nSPS) is 11.2. The highest BCUT2D eigenvalue weighted by Gasteiger charge is 2.16. The van der Waals surface area contributed by atoms with E-state index < -0.39 is 28.6 Å². The number of carbonyl (C=O) groups is 2. The number of rotatable bonds is 6. The highest BCUT2D eigenvalue weighted by Crippen LogP contribution is 2.15. The lowest BCUT2D eigenvalue weighted by Crippen LogP contribution is -2.40. The van der Waals surface area contributed by atoms with E-state index in [9.17, 15) is 18.0 Å². The number of para-hydroxylation sites is 1. The summed E-state index contributed by atoms with van der Waals surface area (Å²) >= 11 is 0. The van der Waals surface area contributed by atoms with Gasteiger partial charge >= 0.3 is 5.97 Å². The molecular formula is C12H17N3O5S. The van der Waals surface area contributed by atoms with Gasteiger partial charge in [0.25, 0.3) is 10.2 Å². The summed E-state index contributed by atoms with van der Waals surface area (Å²) in [5.41, 5.74) is 0.433. The maximum atomic E-state index is 11.7. The minimum Gasteiger partial charge on any atom is -0.465 e. The van der Waals surface area contributed by atoms with Gasteiger partial charge in [0, 0.05) is 14.1 Å². The molecule has 2 N–H and O–H groups in total. The fourth-order valence-corrected chi connectivity index (χ4v) is 1.93. The van der Waals surface area contributed by atoms with Crippen molar-refractivity contribution in [2.75, 3.05) is 33.1 Å². The van der Waals surface area contributed by atoms with Crippen molar-refractivity contribution >= 4 is 27.8 Å². The number of methoxy groups -OCH3 is 1. The van der Waals surface area contributed by atoms with Gasteiger partial charge in [-0.2, -0.15) is 17.4 Å². The van der Waals surface area contributed by atoms with Crippen molar-refractivity contribution in [2.24, 2.45) is 0 Å². The molecule has 0 aliphatic carbocycles. The van der Waals surface area contributed by atoms with Crippen LogP contribution in [-0.2, 0) is 19.7 Å². The van der Waals surface area contributed by atoms with Crippen LogP contribution in [0.2, 0.25) is 0 Å². The number of esters is 1. The Bertz CT molecular complexity index is 628. The molecule has 0 saturated carbocycles. The highest BCUT2D eigenvalue weighted by atomic mass is 32.2. The van der Waals surface area contributed by atoms with E-state index >= 15 is 0 Å². The van der Waals surface area contributed by atoms with Crippen LogP contribution < -0.4 is 10.0 Å². The summed E-state index contributed by atoms with van der Waals surface area (Å²) in [5.74, 6) is -1.20. The molecule has 1 rings (SSSR count). The summed E-state index contributed by atoms with van der Waals surface area (Å²) in [6.45, 7) is -0.448. The predicted molar refractivity (Wildman–Crippen MR) is 77.0 cm³/mol. The third kappa shape index (κ3) is 4.81. The predicted octanol–water partition coefficient (Wildman–Crippen LogP) is -0.192. The Morgan fingerprint density at radius 3 is 2.43 bits per heavy atom. The molecule has 0 aliphatic heterocycles. The first-order chi connectivity index (χ1) is 9.77. The number of hydrogen-bond acceptors (Lipinski definition) is 5. The molecule has 0 bridgehead atoms. The summed E-state index contributed by atoms with van der Waals surface area (Å²) in [6.07, 6.45) is 0. The molecule has 0 heterocycles. The Hall–Kier alpha value is -1.97. The second-order valence-electron chi connectivity index (χ2n) is 4.19. The van der Waals surface area contributed by atoms with Gasteiger partial charge in [-0.25, -0.2) is 4.79 Å². The quantitative estimate of drug-likeness (QED) is 0.708. The van der Waals surface area contributed by atoms with Crippen LogP contribution in [0, 0.1) is 0 Å². The van der Waals surface area contributed by atoms with Crippen LogP contribution in [0.25, 0.3) is 0 Å². The van der Waals surface area contributed by atoms with Crippen molar-refractivity contribution in [3.63, 3.8) is 0 Å². The van der Waals surface area contributed by atoms with Gasteiger partial charge in [-0.1, -0.05) is 12.1 Å². The van der Waals surface area contributed by atoms with Gasteiger partial charge in [0.1, 0.15) is 0 Å². The SMILES string of the molecule is COC(=O)c1ccccc1NC(=O)CNS(=O)(=O)N(C)C. The number of nitrogens with zero attached hydrogens (tertiary/aromatic N) is 1. The Kier molecular flexibility index (Phi) is 5.82. The molecular weight excluding hydrogens is 298 g/mol. The molecule has 0 fully saturated rings. The zero-order chi connectivity index (χ0) is 16.0. The van der Waals surface area contributed by atoms with Crippen molar-refractivity contribution in [3.05, 3.63) is 29.8 Å². The maximum absolute atomic E-state index is 11.7. The summed E-state index contributed by atoms with van der Waals surface area (Å²) in [6, 6.07) is 6.26.